The van der Waals surface area contributed by atoms with Gasteiger partial charge in [0.1, 0.15) is 5.56 Å². The fourth-order valence-electron chi connectivity index (χ4n) is 4.54. The van der Waals surface area contributed by atoms with Crippen LogP contribution in [0.5, 0.6) is 0 Å². The number of anilines is 2. The van der Waals surface area contributed by atoms with E-state index in [4.69, 9.17) is 4.74 Å². The Hall–Kier alpha value is -2.98. The summed E-state index contributed by atoms with van der Waals surface area (Å²) in [5.41, 5.74) is 2.43. The summed E-state index contributed by atoms with van der Waals surface area (Å²) in [5.74, 6) is -0.235. The third kappa shape index (κ3) is 3.73. The fraction of sp³-hybridized carbons (Fsp3) is 0.409. The summed E-state index contributed by atoms with van der Waals surface area (Å²) in [6, 6.07) is 5.27. The van der Waals surface area contributed by atoms with Crippen molar-refractivity contribution < 1.29 is 17.9 Å². The molecule has 0 unspecified atom stereocenters. The summed E-state index contributed by atoms with van der Waals surface area (Å²) in [6.45, 7) is 6.22. The molecular weight excluding hydrogens is 430 g/mol. The van der Waals surface area contributed by atoms with E-state index in [1.54, 1.807) is 29.0 Å². The second-order valence-electron chi connectivity index (χ2n) is 9.08. The molecule has 2 aromatic heterocycles. The quantitative estimate of drug-likeness (QED) is 0.645. The molecule has 1 saturated heterocycles. The van der Waals surface area contributed by atoms with Gasteiger partial charge in [0, 0.05) is 25.5 Å². The Kier molecular flexibility index (Phi) is 4.94. The van der Waals surface area contributed by atoms with Gasteiger partial charge in [0.05, 0.1) is 41.4 Å². The van der Waals surface area contributed by atoms with Crippen LogP contribution in [0.25, 0.3) is 5.65 Å². The van der Waals surface area contributed by atoms with Gasteiger partial charge in [0.15, 0.2) is 15.5 Å². The molecule has 1 aromatic carbocycles. The number of aromatic nitrogens is 3. The molecule has 0 spiro atoms. The Morgan fingerprint density at radius 3 is 2.78 bits per heavy atom. The second kappa shape index (κ2) is 7.56. The van der Waals surface area contributed by atoms with Crippen LogP contribution in [0.4, 0.5) is 11.4 Å². The average Bonchev–Trinajstić information content (AvgIpc) is 3.17. The second-order valence-corrected chi connectivity index (χ2v) is 11.0. The molecule has 32 heavy (non-hydrogen) atoms. The maximum Gasteiger partial charge on any atom is 0.261 e. The van der Waals surface area contributed by atoms with Crippen LogP contribution in [0.2, 0.25) is 0 Å². The minimum absolute atomic E-state index is 0.106. The Morgan fingerprint density at radius 2 is 2.00 bits per heavy atom. The van der Waals surface area contributed by atoms with Gasteiger partial charge in [-0.3, -0.25) is 4.79 Å². The minimum Gasteiger partial charge on any atom is -0.378 e. The predicted molar refractivity (Wildman–Crippen MR) is 120 cm³/mol. The Balaban J connectivity index is 1.59. The molecule has 9 nitrogen and oxygen atoms in total. The van der Waals surface area contributed by atoms with Crippen molar-refractivity contribution in [1.82, 2.24) is 14.6 Å². The van der Waals surface area contributed by atoms with E-state index in [-0.39, 0.29) is 17.1 Å². The molecule has 0 saturated carbocycles. The Bertz CT molecular complexity index is 1310. The molecule has 1 fully saturated rings. The van der Waals surface area contributed by atoms with Crippen LogP contribution in [0.15, 0.2) is 41.7 Å². The lowest BCUT2D eigenvalue weighted by Crippen LogP contribution is -2.38. The van der Waals surface area contributed by atoms with Crippen molar-refractivity contribution in [1.29, 1.82) is 0 Å². The molecule has 4 heterocycles. The summed E-state index contributed by atoms with van der Waals surface area (Å²) in [7, 11) is -3.42. The van der Waals surface area contributed by atoms with Gasteiger partial charge in [-0.25, -0.2) is 17.9 Å². The highest BCUT2D eigenvalue weighted by molar-refractivity contribution is 7.91. The summed E-state index contributed by atoms with van der Waals surface area (Å²) >= 11 is 0. The summed E-state index contributed by atoms with van der Waals surface area (Å²) in [5, 5.41) is 7.19. The molecule has 2 aliphatic heterocycles. The Labute approximate surface area is 186 Å². The van der Waals surface area contributed by atoms with Crippen LogP contribution < -0.4 is 10.2 Å². The highest BCUT2D eigenvalue weighted by atomic mass is 32.2. The van der Waals surface area contributed by atoms with Crippen molar-refractivity contribution in [3.8, 4) is 0 Å². The van der Waals surface area contributed by atoms with E-state index >= 15 is 0 Å². The van der Waals surface area contributed by atoms with Crippen molar-refractivity contribution in [2.24, 2.45) is 5.41 Å². The molecule has 0 atom stereocenters. The van der Waals surface area contributed by atoms with Crippen LogP contribution in [-0.2, 0) is 21.0 Å². The molecule has 0 aliphatic carbocycles. The smallest absolute Gasteiger partial charge is 0.261 e. The normalized spacial score (nSPS) is 19.5. The summed E-state index contributed by atoms with van der Waals surface area (Å²) < 4.78 is 33.1. The van der Waals surface area contributed by atoms with Gasteiger partial charge in [-0.05, 0) is 35.6 Å². The maximum atomic E-state index is 13.2. The monoisotopic (exact) mass is 455 g/mol. The molecule has 2 aliphatic rings. The fourth-order valence-corrected chi connectivity index (χ4v) is 6.65. The van der Waals surface area contributed by atoms with Gasteiger partial charge in [-0.15, -0.1) is 0 Å². The predicted octanol–water partition coefficient (Wildman–Crippen LogP) is 2.17. The van der Waals surface area contributed by atoms with E-state index < -0.39 is 9.84 Å². The summed E-state index contributed by atoms with van der Waals surface area (Å²) in [6.07, 6.45) is 5.44. The Morgan fingerprint density at radius 1 is 1.22 bits per heavy atom. The van der Waals surface area contributed by atoms with Crippen LogP contribution >= 0.6 is 0 Å². The van der Waals surface area contributed by atoms with E-state index in [1.165, 1.54) is 6.20 Å². The van der Waals surface area contributed by atoms with Crippen molar-refractivity contribution >= 4 is 32.8 Å². The van der Waals surface area contributed by atoms with Gasteiger partial charge in [0.2, 0.25) is 0 Å². The maximum absolute atomic E-state index is 13.2. The van der Waals surface area contributed by atoms with Gasteiger partial charge >= 0.3 is 0 Å². The molecule has 3 aromatic rings. The third-order valence-electron chi connectivity index (χ3n) is 5.89. The van der Waals surface area contributed by atoms with E-state index in [1.807, 2.05) is 19.9 Å². The number of nitrogens with zero attached hydrogens (tertiary/aromatic N) is 4. The van der Waals surface area contributed by atoms with Crippen LogP contribution in [-0.4, -0.2) is 61.0 Å². The minimum atomic E-state index is -3.42. The number of carbonyl (C=O) groups is 1. The number of carbonyl (C=O) groups excluding carboxylic acids is 1. The first-order valence-corrected chi connectivity index (χ1v) is 12.2. The molecule has 5 rings (SSSR count). The number of amides is 1. The van der Waals surface area contributed by atoms with Gasteiger partial charge in [0.25, 0.3) is 5.91 Å². The lowest BCUT2D eigenvalue weighted by molar-refractivity contribution is 0.102. The topological polar surface area (TPSA) is 106 Å². The largest absolute Gasteiger partial charge is 0.378 e. The van der Waals surface area contributed by atoms with E-state index in [2.05, 4.69) is 20.3 Å². The first kappa shape index (κ1) is 20.9. The lowest BCUT2D eigenvalue weighted by atomic mass is 9.87. The highest BCUT2D eigenvalue weighted by Crippen LogP contribution is 2.41. The number of nitrogens with one attached hydrogen (secondary N) is 1. The molecule has 0 bridgehead atoms. The molecule has 1 N–H and O–H groups in total. The van der Waals surface area contributed by atoms with E-state index in [0.717, 1.165) is 5.56 Å². The molecule has 168 valence electrons. The lowest BCUT2D eigenvalue weighted by Gasteiger charge is -2.35. The van der Waals surface area contributed by atoms with Gasteiger partial charge in [-0.2, -0.15) is 5.10 Å². The number of morpholine rings is 1. The van der Waals surface area contributed by atoms with Crippen molar-refractivity contribution in [2.45, 2.75) is 25.2 Å². The number of rotatable bonds is 3. The van der Waals surface area contributed by atoms with Crippen LogP contribution in [0.1, 0.15) is 29.8 Å². The van der Waals surface area contributed by atoms with Crippen molar-refractivity contribution in [2.75, 3.05) is 42.3 Å². The number of sulfone groups is 1. The number of fused-ring (bicyclic) bond motifs is 2. The zero-order valence-corrected chi connectivity index (χ0v) is 18.9. The standard InChI is InChI=1S/C22H25N5O4S/c1-22(2)12-15-10-17(25-21(28)16-13-24-27-5-3-4-23-20(16)27)18(26-6-8-31-9-7-26)11-19(15)32(29,30)14-22/h3-5,10-11,13H,6-9,12,14H2,1-2H3,(H,25,28). The van der Waals surface area contributed by atoms with Crippen LogP contribution in [0.3, 0.4) is 0 Å². The summed E-state index contributed by atoms with van der Waals surface area (Å²) in [4.78, 5) is 19.9. The first-order chi connectivity index (χ1) is 15.2. The number of ether oxygens (including phenoxy) is 1. The van der Waals surface area contributed by atoms with E-state index in [9.17, 15) is 13.2 Å². The highest BCUT2D eigenvalue weighted by Gasteiger charge is 2.37. The average molecular weight is 456 g/mol. The van der Waals surface area contributed by atoms with Gasteiger partial charge in [-0.1, -0.05) is 13.8 Å². The molecule has 0 radical (unpaired) electrons. The zero-order chi connectivity index (χ0) is 22.5. The van der Waals surface area contributed by atoms with E-state index in [0.29, 0.717) is 60.2 Å². The zero-order valence-electron chi connectivity index (χ0n) is 18.0. The number of benzene rings is 1. The van der Waals surface area contributed by atoms with Crippen molar-refractivity contribution in [3.05, 3.63) is 47.9 Å². The third-order valence-corrected chi connectivity index (χ3v) is 8.10. The molecule has 1 amide bonds. The van der Waals surface area contributed by atoms with Gasteiger partial charge < -0.3 is 15.0 Å². The number of hydrogen-bond acceptors (Lipinski definition) is 7. The number of hydrogen-bond donors (Lipinski definition) is 1. The first-order valence-electron chi connectivity index (χ1n) is 10.6. The van der Waals surface area contributed by atoms with Crippen LogP contribution in [0, 0.1) is 5.41 Å². The molecular formula is C22H25N5O4S. The molecule has 10 heteroatoms. The SMILES string of the molecule is CC1(C)Cc2cc(NC(=O)c3cnn4cccnc34)c(N3CCOCC3)cc2S(=O)(=O)C1. The van der Waals surface area contributed by atoms with Crippen molar-refractivity contribution in [3.63, 3.8) is 0 Å².